The second-order valence-electron chi connectivity index (χ2n) is 4.72. The van der Waals surface area contributed by atoms with E-state index in [1.807, 2.05) is 13.8 Å². The van der Waals surface area contributed by atoms with E-state index in [0.29, 0.717) is 18.8 Å². The van der Waals surface area contributed by atoms with Gasteiger partial charge in [0, 0.05) is 31.5 Å². The summed E-state index contributed by atoms with van der Waals surface area (Å²) in [7, 11) is 1.53. The van der Waals surface area contributed by atoms with Crippen LogP contribution in [0.25, 0.3) is 0 Å². The minimum Gasteiger partial charge on any atom is -0.383 e. The average molecular weight is 296 g/mol. The number of amides is 1. The van der Waals surface area contributed by atoms with Crippen LogP contribution in [0.3, 0.4) is 0 Å². The molecule has 8 nitrogen and oxygen atoms in total. The van der Waals surface area contributed by atoms with Crippen LogP contribution in [0.5, 0.6) is 0 Å². The van der Waals surface area contributed by atoms with Crippen molar-refractivity contribution in [3.63, 3.8) is 0 Å². The number of ether oxygens (including phenoxy) is 1. The van der Waals surface area contributed by atoms with Gasteiger partial charge in [0.1, 0.15) is 5.56 Å². The molecule has 1 rings (SSSR count). The van der Waals surface area contributed by atoms with Crippen molar-refractivity contribution in [3.8, 4) is 0 Å². The predicted molar refractivity (Wildman–Crippen MR) is 79.0 cm³/mol. The fraction of sp³-hybridized carbons (Fsp3) is 0.462. The molecular formula is C13H20N4O4. The maximum atomic E-state index is 12.6. The second kappa shape index (κ2) is 7.55. The van der Waals surface area contributed by atoms with Gasteiger partial charge in [0.2, 0.25) is 0 Å². The standard InChI is InChI=1S/C13H20N4O4/c1-9(2)16(6-7-21-3)13(18)11-8-10(15-14)4-5-12(11)17(19)20/h4-5,8-9,15H,6-7,14H2,1-3H3. The molecule has 0 aromatic heterocycles. The van der Waals surface area contributed by atoms with Crippen molar-refractivity contribution in [1.82, 2.24) is 4.90 Å². The van der Waals surface area contributed by atoms with E-state index >= 15 is 0 Å². The first kappa shape index (κ1) is 16.9. The minimum atomic E-state index is -0.581. The van der Waals surface area contributed by atoms with Gasteiger partial charge in [-0.3, -0.25) is 20.8 Å². The molecule has 1 amide bonds. The Kier molecular flexibility index (Phi) is 6.07. The lowest BCUT2D eigenvalue weighted by Crippen LogP contribution is -2.39. The van der Waals surface area contributed by atoms with Crippen molar-refractivity contribution in [3.05, 3.63) is 33.9 Å². The Morgan fingerprint density at radius 3 is 2.67 bits per heavy atom. The third kappa shape index (κ3) is 4.14. The van der Waals surface area contributed by atoms with Crippen LogP contribution < -0.4 is 11.3 Å². The van der Waals surface area contributed by atoms with Gasteiger partial charge < -0.3 is 15.1 Å². The zero-order chi connectivity index (χ0) is 16.0. The minimum absolute atomic E-state index is 0.000234. The number of carbonyl (C=O) groups excluding carboxylic acids is 1. The Morgan fingerprint density at radius 1 is 1.52 bits per heavy atom. The highest BCUT2D eigenvalue weighted by Gasteiger charge is 2.26. The van der Waals surface area contributed by atoms with Gasteiger partial charge in [-0.15, -0.1) is 0 Å². The Morgan fingerprint density at radius 2 is 2.19 bits per heavy atom. The number of nitrogens with zero attached hydrogens (tertiary/aromatic N) is 2. The van der Waals surface area contributed by atoms with Crippen molar-refractivity contribution in [2.75, 3.05) is 25.7 Å². The van der Waals surface area contributed by atoms with Gasteiger partial charge in [0.05, 0.1) is 11.5 Å². The molecule has 0 heterocycles. The molecule has 8 heteroatoms. The Hall–Kier alpha value is -2.19. The zero-order valence-corrected chi connectivity index (χ0v) is 12.3. The third-order valence-corrected chi connectivity index (χ3v) is 3.01. The molecule has 0 fully saturated rings. The van der Waals surface area contributed by atoms with E-state index < -0.39 is 10.8 Å². The van der Waals surface area contributed by atoms with Gasteiger partial charge in [-0.05, 0) is 26.0 Å². The lowest BCUT2D eigenvalue weighted by atomic mass is 10.1. The highest BCUT2D eigenvalue weighted by Crippen LogP contribution is 2.24. The van der Waals surface area contributed by atoms with Crippen molar-refractivity contribution in [2.45, 2.75) is 19.9 Å². The van der Waals surface area contributed by atoms with E-state index in [-0.39, 0.29) is 17.3 Å². The molecule has 21 heavy (non-hydrogen) atoms. The first-order chi connectivity index (χ1) is 9.92. The normalized spacial score (nSPS) is 10.5. The third-order valence-electron chi connectivity index (χ3n) is 3.01. The number of anilines is 1. The van der Waals surface area contributed by atoms with Gasteiger partial charge in [0.25, 0.3) is 11.6 Å². The van der Waals surface area contributed by atoms with Crippen molar-refractivity contribution in [2.24, 2.45) is 5.84 Å². The van der Waals surface area contributed by atoms with E-state index in [1.165, 1.54) is 30.2 Å². The monoisotopic (exact) mass is 296 g/mol. The van der Waals surface area contributed by atoms with Gasteiger partial charge in [-0.25, -0.2) is 0 Å². The van der Waals surface area contributed by atoms with E-state index in [1.54, 1.807) is 0 Å². The highest BCUT2D eigenvalue weighted by atomic mass is 16.6. The molecule has 0 atom stereocenters. The molecule has 0 aliphatic carbocycles. The summed E-state index contributed by atoms with van der Waals surface area (Å²) in [5.74, 6) is 4.87. The molecule has 0 aliphatic heterocycles. The molecule has 116 valence electrons. The number of nitrogens with one attached hydrogen (secondary N) is 1. The zero-order valence-electron chi connectivity index (χ0n) is 12.3. The van der Waals surface area contributed by atoms with Crippen molar-refractivity contribution in [1.29, 1.82) is 0 Å². The predicted octanol–water partition coefficient (Wildman–Crippen LogP) is 1.38. The maximum Gasteiger partial charge on any atom is 0.282 e. The number of nitro groups is 1. The van der Waals surface area contributed by atoms with Crippen LogP contribution in [-0.2, 0) is 4.74 Å². The quantitative estimate of drug-likeness (QED) is 0.446. The lowest BCUT2D eigenvalue weighted by Gasteiger charge is -2.26. The lowest BCUT2D eigenvalue weighted by molar-refractivity contribution is -0.385. The van der Waals surface area contributed by atoms with Crippen LogP contribution >= 0.6 is 0 Å². The Balaban J connectivity index is 3.21. The topological polar surface area (TPSA) is 111 Å². The van der Waals surface area contributed by atoms with Crippen LogP contribution in [0.1, 0.15) is 24.2 Å². The van der Waals surface area contributed by atoms with E-state index in [2.05, 4.69) is 5.43 Å². The van der Waals surface area contributed by atoms with Gasteiger partial charge >= 0.3 is 0 Å². The Bertz CT molecular complexity index is 519. The second-order valence-corrected chi connectivity index (χ2v) is 4.72. The number of nitrogens with two attached hydrogens (primary N) is 1. The fourth-order valence-electron chi connectivity index (χ4n) is 1.89. The number of hydrogen-bond donors (Lipinski definition) is 2. The molecule has 1 aromatic rings. The SMILES string of the molecule is COCCN(C(=O)c1cc(NN)ccc1[N+](=O)[O-])C(C)C. The van der Waals surface area contributed by atoms with Crippen LogP contribution in [0.15, 0.2) is 18.2 Å². The van der Waals surface area contributed by atoms with E-state index in [9.17, 15) is 14.9 Å². The summed E-state index contributed by atoms with van der Waals surface area (Å²) in [6.45, 7) is 4.38. The summed E-state index contributed by atoms with van der Waals surface area (Å²) in [4.78, 5) is 24.6. The first-order valence-corrected chi connectivity index (χ1v) is 6.47. The number of carbonyl (C=O) groups is 1. The molecular weight excluding hydrogens is 276 g/mol. The molecule has 0 saturated heterocycles. The van der Waals surface area contributed by atoms with Gasteiger partial charge in [-0.1, -0.05) is 0 Å². The van der Waals surface area contributed by atoms with Crippen molar-refractivity contribution >= 4 is 17.3 Å². The summed E-state index contributed by atoms with van der Waals surface area (Å²) in [6.07, 6.45) is 0. The van der Waals surface area contributed by atoms with E-state index in [4.69, 9.17) is 10.6 Å². The summed E-state index contributed by atoms with van der Waals surface area (Å²) in [5.41, 5.74) is 2.56. The number of rotatable bonds is 7. The number of benzene rings is 1. The van der Waals surface area contributed by atoms with Gasteiger partial charge in [-0.2, -0.15) is 0 Å². The number of methoxy groups -OCH3 is 1. The number of hydrazine groups is 1. The number of nitrogen functional groups attached to an aromatic ring is 1. The summed E-state index contributed by atoms with van der Waals surface area (Å²) in [5, 5.41) is 11.1. The van der Waals surface area contributed by atoms with Crippen LogP contribution in [-0.4, -0.2) is 42.0 Å². The first-order valence-electron chi connectivity index (χ1n) is 6.47. The Labute approximate surface area is 123 Å². The molecule has 3 N–H and O–H groups in total. The van der Waals surface area contributed by atoms with E-state index in [0.717, 1.165) is 0 Å². The number of hydrogen-bond acceptors (Lipinski definition) is 6. The summed E-state index contributed by atoms with van der Waals surface area (Å²) in [6, 6.07) is 3.98. The molecule has 0 saturated carbocycles. The molecule has 0 unspecified atom stereocenters. The van der Waals surface area contributed by atoms with Crippen LogP contribution in [0, 0.1) is 10.1 Å². The average Bonchev–Trinajstić information content (AvgIpc) is 2.46. The molecule has 0 spiro atoms. The summed E-state index contributed by atoms with van der Waals surface area (Å²) < 4.78 is 4.97. The highest BCUT2D eigenvalue weighted by molar-refractivity contribution is 5.99. The number of nitro benzene ring substituents is 1. The molecule has 0 aliphatic rings. The molecule has 0 bridgehead atoms. The smallest absolute Gasteiger partial charge is 0.282 e. The van der Waals surface area contributed by atoms with Gasteiger partial charge in [0.15, 0.2) is 0 Å². The summed E-state index contributed by atoms with van der Waals surface area (Å²) >= 11 is 0. The maximum absolute atomic E-state index is 12.6. The molecule has 0 radical (unpaired) electrons. The fourth-order valence-corrected chi connectivity index (χ4v) is 1.89. The van der Waals surface area contributed by atoms with Crippen LogP contribution in [0.4, 0.5) is 11.4 Å². The van der Waals surface area contributed by atoms with Crippen LogP contribution in [0.2, 0.25) is 0 Å². The largest absolute Gasteiger partial charge is 0.383 e. The van der Waals surface area contributed by atoms with Crippen molar-refractivity contribution < 1.29 is 14.5 Å². The molecule has 1 aromatic carbocycles.